The first kappa shape index (κ1) is 29.3. The Labute approximate surface area is 225 Å². The number of hydrogen-bond acceptors (Lipinski definition) is 5. The fourth-order valence-electron chi connectivity index (χ4n) is 10.1. The van der Waals surface area contributed by atoms with E-state index in [1.165, 1.54) is 44.9 Å². The number of amides is 1. The van der Waals surface area contributed by atoms with Gasteiger partial charge < -0.3 is 15.0 Å². The van der Waals surface area contributed by atoms with Crippen molar-refractivity contribution in [2.45, 2.75) is 124 Å². The molecule has 4 aliphatic rings. The normalized spacial score (nSPS) is 41.4. The quantitative estimate of drug-likeness (QED) is 0.377. The van der Waals surface area contributed by atoms with Crippen LogP contribution in [0.3, 0.4) is 0 Å². The third kappa shape index (κ3) is 6.24. The van der Waals surface area contributed by atoms with E-state index in [0.717, 1.165) is 37.0 Å². The zero-order chi connectivity index (χ0) is 27.2. The second-order valence-electron chi connectivity index (χ2n) is 14.4. The van der Waals surface area contributed by atoms with Gasteiger partial charge in [0.2, 0.25) is 5.91 Å². The molecule has 4 aliphatic carbocycles. The number of aliphatic hydroxyl groups is 1. The smallest absolute Gasteiger partial charge is 0.220 e. The topological polar surface area (TPSA) is 107 Å². The van der Waals surface area contributed by atoms with Gasteiger partial charge in [0.15, 0.2) is 0 Å². The largest absolute Gasteiger partial charge is 0.748 e. The molecule has 1 amide bonds. The number of carbonyl (C=O) groups excluding carboxylic acids is 1. The minimum absolute atomic E-state index is 0.0947. The van der Waals surface area contributed by atoms with Gasteiger partial charge in [-0.2, -0.15) is 0 Å². The van der Waals surface area contributed by atoms with Crippen molar-refractivity contribution >= 4 is 16.0 Å². The van der Waals surface area contributed by atoms with Crippen molar-refractivity contribution in [3.63, 3.8) is 0 Å². The Bertz CT molecular complexity index is 921. The summed E-state index contributed by atoms with van der Waals surface area (Å²) in [5.74, 6) is 3.67. The van der Waals surface area contributed by atoms with Gasteiger partial charge in [-0.25, -0.2) is 8.42 Å². The maximum absolute atomic E-state index is 12.8. The highest BCUT2D eigenvalue weighted by atomic mass is 32.2. The average Bonchev–Trinajstić information content (AvgIpc) is 3.13. The van der Waals surface area contributed by atoms with E-state index in [0.29, 0.717) is 41.4 Å². The molecule has 0 unspecified atom stereocenters. The minimum atomic E-state index is -4.38. The van der Waals surface area contributed by atoms with Crippen LogP contribution in [-0.2, 0) is 14.9 Å². The van der Waals surface area contributed by atoms with E-state index in [-0.39, 0.29) is 17.9 Å². The van der Waals surface area contributed by atoms with Crippen LogP contribution < -0.4 is 5.32 Å². The Kier molecular flexibility index (Phi) is 8.78. The van der Waals surface area contributed by atoms with Crippen LogP contribution in [0.25, 0.3) is 0 Å². The summed E-state index contributed by atoms with van der Waals surface area (Å²) in [6.45, 7) is 11.3. The first-order valence-corrected chi connectivity index (χ1v) is 16.7. The summed E-state index contributed by atoms with van der Waals surface area (Å²) in [6, 6.07) is -0.605. The van der Waals surface area contributed by atoms with Crippen molar-refractivity contribution in [3.8, 4) is 0 Å². The lowest BCUT2D eigenvalue weighted by molar-refractivity contribution is -0.130. The molecular weight excluding hydrogens is 486 g/mol. The van der Waals surface area contributed by atoms with Crippen LogP contribution >= 0.6 is 0 Å². The molecule has 0 radical (unpaired) electrons. The van der Waals surface area contributed by atoms with Gasteiger partial charge in [-0.1, -0.05) is 34.6 Å². The molecule has 214 valence electrons. The van der Waals surface area contributed by atoms with Crippen LogP contribution in [0.15, 0.2) is 0 Å². The van der Waals surface area contributed by atoms with Crippen molar-refractivity contribution in [1.29, 1.82) is 0 Å². The summed E-state index contributed by atoms with van der Waals surface area (Å²) >= 11 is 0. The summed E-state index contributed by atoms with van der Waals surface area (Å²) in [4.78, 5) is 12.8. The van der Waals surface area contributed by atoms with Gasteiger partial charge in [-0.05, 0) is 123 Å². The molecule has 0 aromatic rings. The Morgan fingerprint density at radius 2 is 1.68 bits per heavy atom. The number of carbonyl (C=O) groups is 1. The van der Waals surface area contributed by atoms with E-state index in [1.807, 2.05) is 13.8 Å². The van der Waals surface area contributed by atoms with E-state index in [2.05, 4.69) is 26.1 Å². The summed E-state index contributed by atoms with van der Waals surface area (Å²) in [5.41, 5.74) is 0.737. The highest BCUT2D eigenvalue weighted by Gasteiger charge is 2.60. The maximum Gasteiger partial charge on any atom is 0.220 e. The lowest BCUT2D eigenvalue weighted by atomic mass is 9.44. The zero-order valence-corrected chi connectivity index (χ0v) is 24.7. The van der Waals surface area contributed by atoms with E-state index in [4.69, 9.17) is 0 Å². The molecule has 0 aromatic heterocycles. The van der Waals surface area contributed by atoms with Crippen molar-refractivity contribution < 1.29 is 22.9 Å². The third-order valence-electron chi connectivity index (χ3n) is 11.8. The average molecular weight is 539 g/mol. The fourth-order valence-corrected chi connectivity index (χ4v) is 10.8. The minimum Gasteiger partial charge on any atom is -0.748 e. The van der Waals surface area contributed by atoms with E-state index >= 15 is 0 Å². The van der Waals surface area contributed by atoms with Gasteiger partial charge in [0, 0.05) is 12.5 Å². The molecule has 0 bridgehead atoms. The lowest BCUT2D eigenvalue weighted by Gasteiger charge is -2.61. The molecule has 37 heavy (non-hydrogen) atoms. The molecular formula is C30H52NO5S-. The lowest BCUT2D eigenvalue weighted by Crippen LogP contribution is -2.54. The number of fused-ring (bicyclic) bond motifs is 5. The fraction of sp³-hybridized carbons (Fsp3) is 0.967. The first-order chi connectivity index (χ1) is 17.2. The molecule has 0 heterocycles. The summed E-state index contributed by atoms with van der Waals surface area (Å²) in [7, 11) is -4.38. The number of rotatable bonds is 9. The molecule has 0 aliphatic heterocycles. The second-order valence-corrected chi connectivity index (χ2v) is 15.9. The number of hydrogen-bond donors (Lipinski definition) is 2. The van der Waals surface area contributed by atoms with Gasteiger partial charge >= 0.3 is 0 Å². The molecule has 4 rings (SSSR count). The highest BCUT2D eigenvalue weighted by molar-refractivity contribution is 7.85. The third-order valence-corrected chi connectivity index (χ3v) is 12.6. The predicted octanol–water partition coefficient (Wildman–Crippen LogP) is 5.50. The van der Waals surface area contributed by atoms with Crippen molar-refractivity contribution in [3.05, 3.63) is 0 Å². The predicted molar refractivity (Wildman–Crippen MR) is 146 cm³/mol. The van der Waals surface area contributed by atoms with Crippen LogP contribution in [0, 0.1) is 52.3 Å². The molecule has 7 heteroatoms. The molecule has 4 saturated carbocycles. The van der Waals surface area contributed by atoms with Crippen LogP contribution in [-0.4, -0.2) is 41.9 Å². The number of nitrogens with one attached hydrogen (secondary N) is 1. The Morgan fingerprint density at radius 1 is 1.00 bits per heavy atom. The van der Waals surface area contributed by atoms with Crippen molar-refractivity contribution in [2.24, 2.45) is 52.3 Å². The van der Waals surface area contributed by atoms with Gasteiger partial charge in [0.05, 0.1) is 22.0 Å². The van der Waals surface area contributed by atoms with Gasteiger partial charge in [-0.15, -0.1) is 0 Å². The van der Waals surface area contributed by atoms with Gasteiger partial charge in [0.25, 0.3) is 0 Å². The molecule has 6 nitrogen and oxygen atoms in total. The van der Waals surface area contributed by atoms with Gasteiger partial charge in [-0.3, -0.25) is 4.79 Å². The molecule has 0 saturated heterocycles. The molecule has 4 fully saturated rings. The first-order valence-electron chi connectivity index (χ1n) is 15.1. The second kappa shape index (κ2) is 11.1. The van der Waals surface area contributed by atoms with Crippen molar-refractivity contribution in [1.82, 2.24) is 5.32 Å². The zero-order valence-electron chi connectivity index (χ0n) is 23.9. The summed E-state index contributed by atoms with van der Waals surface area (Å²) in [5, 5.41) is 13.2. The van der Waals surface area contributed by atoms with Crippen LogP contribution in [0.2, 0.25) is 0 Å². The standard InChI is InChI=1S/C30H53NO5S/c1-19(2)16-22(18-37(34,35)36)31-28(33)11-6-20(3)25-9-10-26-24-8-7-21-17-23(32)12-14-29(21,4)27(24)13-15-30(25,26)5/h19-27,32H,6-18H2,1-5H3,(H,31,33)(H,34,35,36)/p-1/t20-,21-,22+,23-,24+,25-,26+,27+,29+,30-/m1/s1. The van der Waals surface area contributed by atoms with Crippen LogP contribution in [0.4, 0.5) is 0 Å². The summed E-state index contributed by atoms with van der Waals surface area (Å²) < 4.78 is 33.9. The van der Waals surface area contributed by atoms with Gasteiger partial charge in [0.1, 0.15) is 0 Å². The van der Waals surface area contributed by atoms with Crippen molar-refractivity contribution in [2.75, 3.05) is 5.75 Å². The van der Waals surface area contributed by atoms with E-state index in [9.17, 15) is 22.9 Å². The molecule has 10 atom stereocenters. The molecule has 0 spiro atoms. The summed E-state index contributed by atoms with van der Waals surface area (Å²) in [6.07, 6.45) is 12.5. The van der Waals surface area contributed by atoms with E-state index in [1.54, 1.807) is 0 Å². The molecule has 0 aromatic carbocycles. The van der Waals surface area contributed by atoms with E-state index < -0.39 is 21.9 Å². The Balaban J connectivity index is 1.35. The maximum atomic E-state index is 12.8. The molecule has 2 N–H and O–H groups in total. The van der Waals surface area contributed by atoms with Crippen LogP contribution in [0.5, 0.6) is 0 Å². The Morgan fingerprint density at radius 3 is 2.35 bits per heavy atom. The SMILES string of the molecule is CC(C)C[C@@H](CS(=O)(=O)[O-])NC(=O)CC[C@@H](C)[C@H]1CC[C@H]2[C@@H]3CC[C@@H]4C[C@H](O)CC[C@]4(C)[C@H]3CC[C@]12C. The number of aliphatic hydroxyl groups excluding tert-OH is 1. The van der Waals surface area contributed by atoms with Crippen LogP contribution in [0.1, 0.15) is 112 Å². The monoisotopic (exact) mass is 538 g/mol. The highest BCUT2D eigenvalue weighted by Crippen LogP contribution is 2.68. The Hall–Kier alpha value is -0.660.